The Morgan fingerprint density at radius 1 is 1.47 bits per heavy atom. The van der Waals surface area contributed by atoms with Crippen LogP contribution in [-0.2, 0) is 21.3 Å². The minimum atomic E-state index is -3.68. The molecule has 0 fully saturated rings. The molecule has 3 N–H and O–H groups in total. The highest BCUT2D eigenvalue weighted by molar-refractivity contribution is 7.89. The molecule has 0 aromatic carbocycles. The Morgan fingerprint density at radius 3 is 2.59 bits per heavy atom. The van der Waals surface area contributed by atoms with E-state index in [-0.39, 0.29) is 18.2 Å². The molecule has 17 heavy (non-hydrogen) atoms. The van der Waals surface area contributed by atoms with Crippen LogP contribution < -0.4 is 10.5 Å². The molecule has 6 nitrogen and oxygen atoms in total. The average molecular weight is 262 g/mol. The lowest BCUT2D eigenvalue weighted by Gasteiger charge is -2.24. The van der Waals surface area contributed by atoms with E-state index in [1.54, 1.807) is 13.8 Å². The molecule has 0 unspecified atom stereocenters. The van der Waals surface area contributed by atoms with E-state index in [9.17, 15) is 8.42 Å². The van der Waals surface area contributed by atoms with Gasteiger partial charge in [0.2, 0.25) is 5.09 Å². The standard InChI is InChI=1S/C10H18N2O4S/c1-10(2,7-15-3)12-17(13,14)9-5-4-8(6-11)16-9/h4-5,12H,6-7,11H2,1-3H3. The van der Waals surface area contributed by atoms with Gasteiger partial charge in [-0.2, -0.15) is 0 Å². The van der Waals surface area contributed by atoms with E-state index >= 15 is 0 Å². The molecule has 98 valence electrons. The Balaban J connectivity index is 2.88. The number of furan rings is 1. The highest BCUT2D eigenvalue weighted by atomic mass is 32.2. The maximum atomic E-state index is 12.0. The normalized spacial score (nSPS) is 12.9. The average Bonchev–Trinajstić information content (AvgIpc) is 2.64. The second kappa shape index (κ2) is 5.18. The predicted molar refractivity (Wildman–Crippen MR) is 62.9 cm³/mol. The third kappa shape index (κ3) is 3.81. The minimum Gasteiger partial charge on any atom is -0.447 e. The highest BCUT2D eigenvalue weighted by Gasteiger charge is 2.28. The van der Waals surface area contributed by atoms with Gasteiger partial charge in [-0.3, -0.25) is 0 Å². The first-order chi connectivity index (χ1) is 7.80. The molecule has 0 saturated heterocycles. The molecule has 1 heterocycles. The fraction of sp³-hybridized carbons (Fsp3) is 0.600. The van der Waals surface area contributed by atoms with Crippen molar-refractivity contribution in [3.05, 3.63) is 17.9 Å². The highest BCUT2D eigenvalue weighted by Crippen LogP contribution is 2.16. The molecule has 1 rings (SSSR count). The van der Waals surface area contributed by atoms with Crippen LogP contribution in [0.5, 0.6) is 0 Å². The molecule has 1 aromatic rings. The second-order valence-electron chi connectivity index (χ2n) is 4.35. The number of sulfonamides is 1. The molecule has 0 aliphatic heterocycles. The molecule has 0 radical (unpaired) electrons. The topological polar surface area (TPSA) is 94.6 Å². The van der Waals surface area contributed by atoms with Gasteiger partial charge in [0, 0.05) is 7.11 Å². The molecule has 1 aromatic heterocycles. The van der Waals surface area contributed by atoms with Crippen LogP contribution in [0.15, 0.2) is 21.6 Å². The molecular weight excluding hydrogens is 244 g/mol. The summed E-state index contributed by atoms with van der Waals surface area (Å²) in [4.78, 5) is 0. The van der Waals surface area contributed by atoms with Gasteiger partial charge in [-0.05, 0) is 26.0 Å². The summed E-state index contributed by atoms with van der Waals surface area (Å²) in [7, 11) is -2.17. The summed E-state index contributed by atoms with van der Waals surface area (Å²) in [5, 5.41) is -0.137. The van der Waals surface area contributed by atoms with Gasteiger partial charge >= 0.3 is 0 Å². The fourth-order valence-electron chi connectivity index (χ4n) is 1.42. The molecule has 0 atom stereocenters. The Labute approximate surface area is 101 Å². The maximum absolute atomic E-state index is 12.0. The van der Waals surface area contributed by atoms with Crippen molar-refractivity contribution >= 4 is 10.0 Å². The molecular formula is C10H18N2O4S. The quantitative estimate of drug-likeness (QED) is 0.775. The van der Waals surface area contributed by atoms with Crippen LogP contribution in [0.25, 0.3) is 0 Å². The zero-order chi connectivity index (χ0) is 13.1. The van der Waals surface area contributed by atoms with E-state index < -0.39 is 15.6 Å². The van der Waals surface area contributed by atoms with Crippen molar-refractivity contribution in [1.29, 1.82) is 0 Å². The fourth-order valence-corrected chi connectivity index (χ4v) is 2.77. The van der Waals surface area contributed by atoms with Crippen LogP contribution in [-0.4, -0.2) is 27.7 Å². The Kier molecular flexibility index (Phi) is 4.31. The number of ether oxygens (including phenoxy) is 1. The Hall–Kier alpha value is -0.890. The van der Waals surface area contributed by atoms with Gasteiger partial charge in [0.05, 0.1) is 18.7 Å². The summed E-state index contributed by atoms with van der Waals surface area (Å²) in [6.45, 7) is 3.87. The molecule has 0 bridgehead atoms. The van der Waals surface area contributed by atoms with Gasteiger partial charge in [0.25, 0.3) is 10.0 Å². The first kappa shape index (κ1) is 14.2. The van der Waals surface area contributed by atoms with Crippen LogP contribution in [0.3, 0.4) is 0 Å². The summed E-state index contributed by atoms with van der Waals surface area (Å²) in [6, 6.07) is 2.92. The number of rotatable bonds is 6. The van der Waals surface area contributed by atoms with Crippen molar-refractivity contribution in [2.45, 2.75) is 31.0 Å². The van der Waals surface area contributed by atoms with Gasteiger partial charge in [0.1, 0.15) is 5.76 Å². The number of nitrogens with two attached hydrogens (primary N) is 1. The summed E-state index contributed by atoms with van der Waals surface area (Å²) >= 11 is 0. The van der Waals surface area contributed by atoms with Crippen molar-refractivity contribution in [2.24, 2.45) is 5.73 Å². The van der Waals surface area contributed by atoms with Crippen molar-refractivity contribution in [1.82, 2.24) is 4.72 Å². The first-order valence-electron chi connectivity index (χ1n) is 5.12. The largest absolute Gasteiger partial charge is 0.447 e. The Bertz CT molecular complexity index is 464. The third-order valence-electron chi connectivity index (χ3n) is 2.02. The lowest BCUT2D eigenvalue weighted by atomic mass is 10.1. The van der Waals surface area contributed by atoms with Gasteiger partial charge in [-0.15, -0.1) is 0 Å². The van der Waals surface area contributed by atoms with Gasteiger partial charge in [-0.1, -0.05) is 0 Å². The minimum absolute atomic E-state index is 0.137. The van der Waals surface area contributed by atoms with Crippen LogP contribution in [0.2, 0.25) is 0 Å². The van der Waals surface area contributed by atoms with Gasteiger partial charge < -0.3 is 14.9 Å². The molecule has 0 aliphatic rings. The third-order valence-corrected chi connectivity index (χ3v) is 3.59. The second-order valence-corrected chi connectivity index (χ2v) is 5.96. The maximum Gasteiger partial charge on any atom is 0.274 e. The number of hydrogen-bond donors (Lipinski definition) is 2. The van der Waals surface area contributed by atoms with E-state index in [0.29, 0.717) is 5.76 Å². The Morgan fingerprint density at radius 2 is 2.12 bits per heavy atom. The van der Waals surface area contributed by atoms with Gasteiger partial charge in [0.15, 0.2) is 0 Å². The summed E-state index contributed by atoms with van der Waals surface area (Å²) in [6.07, 6.45) is 0. The number of methoxy groups -OCH3 is 1. The van der Waals surface area contributed by atoms with Crippen molar-refractivity contribution in [3.63, 3.8) is 0 Å². The zero-order valence-corrected chi connectivity index (χ0v) is 11.0. The van der Waals surface area contributed by atoms with Crippen LogP contribution in [0.4, 0.5) is 0 Å². The number of nitrogens with one attached hydrogen (secondary N) is 1. The SMILES string of the molecule is COCC(C)(C)NS(=O)(=O)c1ccc(CN)o1. The molecule has 0 amide bonds. The van der Waals surface area contributed by atoms with Gasteiger partial charge in [-0.25, -0.2) is 13.1 Å². The first-order valence-corrected chi connectivity index (χ1v) is 6.61. The van der Waals surface area contributed by atoms with E-state index in [4.69, 9.17) is 14.9 Å². The summed E-state index contributed by atoms with van der Waals surface area (Å²) < 4.78 is 36.4. The molecule has 7 heteroatoms. The van der Waals surface area contributed by atoms with Crippen molar-refractivity contribution in [2.75, 3.05) is 13.7 Å². The molecule has 0 spiro atoms. The van der Waals surface area contributed by atoms with Crippen molar-refractivity contribution < 1.29 is 17.6 Å². The molecule has 0 saturated carbocycles. The van der Waals surface area contributed by atoms with Crippen molar-refractivity contribution in [3.8, 4) is 0 Å². The zero-order valence-electron chi connectivity index (χ0n) is 10.2. The number of hydrogen-bond acceptors (Lipinski definition) is 5. The van der Waals surface area contributed by atoms with E-state index in [0.717, 1.165) is 0 Å². The monoisotopic (exact) mass is 262 g/mol. The van der Waals surface area contributed by atoms with E-state index in [1.807, 2.05) is 0 Å². The molecule has 0 aliphatic carbocycles. The lowest BCUT2D eigenvalue weighted by molar-refractivity contribution is 0.141. The predicted octanol–water partition coefficient (Wildman–Crippen LogP) is 0.442. The summed E-state index contributed by atoms with van der Waals surface area (Å²) in [5.74, 6) is 0.426. The lowest BCUT2D eigenvalue weighted by Crippen LogP contribution is -2.46. The van der Waals surface area contributed by atoms with E-state index in [1.165, 1.54) is 19.2 Å². The smallest absolute Gasteiger partial charge is 0.274 e. The van der Waals surface area contributed by atoms with Crippen LogP contribution in [0, 0.1) is 0 Å². The summed E-state index contributed by atoms with van der Waals surface area (Å²) in [5.41, 5.74) is 4.65. The van der Waals surface area contributed by atoms with Crippen LogP contribution >= 0.6 is 0 Å². The van der Waals surface area contributed by atoms with Crippen LogP contribution in [0.1, 0.15) is 19.6 Å². The van der Waals surface area contributed by atoms with E-state index in [2.05, 4.69) is 4.72 Å².